The lowest BCUT2D eigenvalue weighted by molar-refractivity contribution is 0.386. The Bertz CT molecular complexity index is 363. The van der Waals surface area contributed by atoms with Crippen LogP contribution in [0.1, 0.15) is 25.0 Å². The molecule has 0 fully saturated rings. The Balaban J connectivity index is 2.91. The van der Waals surface area contributed by atoms with Crippen LogP contribution in [0.25, 0.3) is 0 Å². The molecule has 1 rings (SSSR count). The summed E-state index contributed by atoms with van der Waals surface area (Å²) in [5.74, 6) is 1.59. The molecule has 2 nitrogen and oxygen atoms in total. The highest BCUT2D eigenvalue weighted by atomic mass is 35.5. The summed E-state index contributed by atoms with van der Waals surface area (Å²) in [6, 6.07) is 6.31. The van der Waals surface area contributed by atoms with Gasteiger partial charge in [0.05, 0.1) is 7.11 Å². The molecule has 3 heteroatoms. The third-order valence-corrected chi connectivity index (χ3v) is 3.11. The van der Waals surface area contributed by atoms with Crippen LogP contribution < -0.4 is 10.1 Å². The molecule has 0 radical (unpaired) electrons. The van der Waals surface area contributed by atoms with Crippen LogP contribution in [0, 0.1) is 6.92 Å². The number of hydrogen-bond donors (Lipinski definition) is 1. The van der Waals surface area contributed by atoms with E-state index in [1.54, 1.807) is 7.11 Å². The Morgan fingerprint density at radius 2 is 2.06 bits per heavy atom. The van der Waals surface area contributed by atoms with Crippen molar-refractivity contribution in [2.45, 2.75) is 26.2 Å². The molecular formula is C14H22ClNO. The Kier molecular flexibility index (Phi) is 5.29. The molecule has 96 valence electrons. The van der Waals surface area contributed by atoms with Gasteiger partial charge in [-0.25, -0.2) is 0 Å². The number of ether oxygens (including phenoxy) is 1. The van der Waals surface area contributed by atoms with Gasteiger partial charge in [0.1, 0.15) is 5.75 Å². The Hall–Kier alpha value is -0.730. The van der Waals surface area contributed by atoms with Crippen molar-refractivity contribution in [3.63, 3.8) is 0 Å². The summed E-state index contributed by atoms with van der Waals surface area (Å²) in [5.41, 5.74) is 2.52. The van der Waals surface area contributed by atoms with Gasteiger partial charge >= 0.3 is 0 Å². The molecule has 0 atom stereocenters. The van der Waals surface area contributed by atoms with Crippen molar-refractivity contribution in [1.82, 2.24) is 5.32 Å². The van der Waals surface area contributed by atoms with Crippen LogP contribution in [0.2, 0.25) is 0 Å². The maximum absolute atomic E-state index is 5.67. The van der Waals surface area contributed by atoms with E-state index in [1.807, 2.05) is 6.07 Å². The first-order valence-corrected chi connectivity index (χ1v) is 6.46. The molecule has 0 saturated carbocycles. The largest absolute Gasteiger partial charge is 0.496 e. The van der Waals surface area contributed by atoms with Gasteiger partial charge in [-0.1, -0.05) is 31.5 Å². The Morgan fingerprint density at radius 1 is 1.35 bits per heavy atom. The van der Waals surface area contributed by atoms with Crippen molar-refractivity contribution in [1.29, 1.82) is 0 Å². The van der Waals surface area contributed by atoms with Gasteiger partial charge in [-0.15, -0.1) is 11.6 Å². The van der Waals surface area contributed by atoms with Gasteiger partial charge in [0.25, 0.3) is 0 Å². The van der Waals surface area contributed by atoms with Gasteiger partial charge in [-0.2, -0.15) is 0 Å². The second kappa shape index (κ2) is 6.27. The van der Waals surface area contributed by atoms with Crippen LogP contribution in [-0.4, -0.2) is 26.1 Å². The fourth-order valence-electron chi connectivity index (χ4n) is 1.91. The molecular weight excluding hydrogens is 234 g/mol. The third kappa shape index (κ3) is 3.90. The van der Waals surface area contributed by atoms with E-state index < -0.39 is 0 Å². The number of aryl methyl sites for hydroxylation is 1. The van der Waals surface area contributed by atoms with Crippen LogP contribution in [-0.2, 0) is 5.41 Å². The minimum absolute atomic E-state index is 0.0312. The summed E-state index contributed by atoms with van der Waals surface area (Å²) in [5, 5.41) is 3.36. The van der Waals surface area contributed by atoms with Crippen LogP contribution in [0.3, 0.4) is 0 Å². The van der Waals surface area contributed by atoms with Crippen molar-refractivity contribution in [2.75, 3.05) is 26.1 Å². The number of rotatable bonds is 6. The van der Waals surface area contributed by atoms with Gasteiger partial charge in [0.15, 0.2) is 0 Å². The first-order chi connectivity index (χ1) is 8.01. The zero-order valence-electron chi connectivity index (χ0n) is 11.1. The SMILES string of the molecule is COc1ccc(C)cc1C(C)(C)CNCCCl. The first kappa shape index (κ1) is 14.3. The van der Waals surface area contributed by atoms with E-state index in [0.717, 1.165) is 18.8 Å². The van der Waals surface area contributed by atoms with Crippen molar-refractivity contribution >= 4 is 11.6 Å². The van der Waals surface area contributed by atoms with E-state index in [0.29, 0.717) is 5.88 Å². The van der Waals surface area contributed by atoms with Crippen LogP contribution in [0.15, 0.2) is 18.2 Å². The number of nitrogens with one attached hydrogen (secondary N) is 1. The van der Waals surface area contributed by atoms with E-state index in [-0.39, 0.29) is 5.41 Å². The Morgan fingerprint density at radius 3 is 2.65 bits per heavy atom. The summed E-state index contributed by atoms with van der Waals surface area (Å²) < 4.78 is 5.44. The molecule has 0 aliphatic heterocycles. The number of benzene rings is 1. The monoisotopic (exact) mass is 255 g/mol. The molecule has 0 unspecified atom stereocenters. The minimum Gasteiger partial charge on any atom is -0.496 e. The molecule has 0 spiro atoms. The van der Waals surface area contributed by atoms with E-state index in [1.165, 1.54) is 11.1 Å². The zero-order valence-corrected chi connectivity index (χ0v) is 11.9. The molecule has 0 saturated heterocycles. The number of hydrogen-bond acceptors (Lipinski definition) is 2. The lowest BCUT2D eigenvalue weighted by Crippen LogP contribution is -2.34. The summed E-state index contributed by atoms with van der Waals surface area (Å²) in [6.45, 7) is 8.25. The van der Waals surface area contributed by atoms with Crippen molar-refractivity contribution in [3.05, 3.63) is 29.3 Å². The predicted octanol–water partition coefficient (Wildman–Crippen LogP) is 3.11. The molecule has 0 heterocycles. The lowest BCUT2D eigenvalue weighted by Gasteiger charge is -2.28. The highest BCUT2D eigenvalue weighted by Gasteiger charge is 2.24. The molecule has 0 bridgehead atoms. The summed E-state index contributed by atoms with van der Waals surface area (Å²) >= 11 is 5.67. The van der Waals surface area contributed by atoms with Crippen LogP contribution in [0.5, 0.6) is 5.75 Å². The fraction of sp³-hybridized carbons (Fsp3) is 0.571. The average molecular weight is 256 g/mol. The maximum Gasteiger partial charge on any atom is 0.122 e. The van der Waals surface area contributed by atoms with Gasteiger partial charge in [-0.3, -0.25) is 0 Å². The quantitative estimate of drug-likeness (QED) is 0.623. The average Bonchev–Trinajstić information content (AvgIpc) is 2.29. The highest BCUT2D eigenvalue weighted by Crippen LogP contribution is 2.31. The van der Waals surface area contributed by atoms with Crippen molar-refractivity contribution in [2.24, 2.45) is 0 Å². The first-order valence-electron chi connectivity index (χ1n) is 5.93. The second-order valence-electron chi connectivity index (χ2n) is 4.95. The number of alkyl halides is 1. The molecule has 1 aromatic rings. The molecule has 0 aliphatic rings. The lowest BCUT2D eigenvalue weighted by atomic mass is 9.83. The zero-order chi connectivity index (χ0) is 12.9. The maximum atomic E-state index is 5.67. The second-order valence-corrected chi connectivity index (χ2v) is 5.33. The van der Waals surface area contributed by atoms with E-state index >= 15 is 0 Å². The number of methoxy groups -OCH3 is 1. The van der Waals surface area contributed by atoms with E-state index in [4.69, 9.17) is 16.3 Å². The summed E-state index contributed by atoms with van der Waals surface area (Å²) in [6.07, 6.45) is 0. The van der Waals surface area contributed by atoms with Crippen LogP contribution in [0.4, 0.5) is 0 Å². The Labute approximate surface area is 109 Å². The standard InChI is InChI=1S/C14H22ClNO/c1-11-5-6-13(17-4)12(9-11)14(2,3)10-16-8-7-15/h5-6,9,16H,7-8,10H2,1-4H3. The van der Waals surface area contributed by atoms with Crippen molar-refractivity contribution < 1.29 is 4.74 Å². The normalized spacial score (nSPS) is 11.6. The number of halogens is 1. The molecule has 17 heavy (non-hydrogen) atoms. The summed E-state index contributed by atoms with van der Waals surface area (Å²) in [4.78, 5) is 0. The molecule has 0 amide bonds. The minimum atomic E-state index is 0.0312. The molecule has 1 N–H and O–H groups in total. The van der Waals surface area contributed by atoms with Crippen LogP contribution >= 0.6 is 11.6 Å². The molecule has 0 aromatic heterocycles. The molecule has 1 aromatic carbocycles. The highest BCUT2D eigenvalue weighted by molar-refractivity contribution is 6.18. The van der Waals surface area contributed by atoms with Gasteiger partial charge in [0, 0.05) is 29.9 Å². The van der Waals surface area contributed by atoms with Gasteiger partial charge < -0.3 is 10.1 Å². The van der Waals surface area contributed by atoms with E-state index in [9.17, 15) is 0 Å². The molecule has 0 aliphatic carbocycles. The van der Waals surface area contributed by atoms with E-state index in [2.05, 4.69) is 38.2 Å². The smallest absolute Gasteiger partial charge is 0.122 e. The van der Waals surface area contributed by atoms with Gasteiger partial charge in [-0.05, 0) is 13.0 Å². The predicted molar refractivity (Wildman–Crippen MR) is 74.3 cm³/mol. The van der Waals surface area contributed by atoms with Crippen molar-refractivity contribution in [3.8, 4) is 5.75 Å². The van der Waals surface area contributed by atoms with Gasteiger partial charge in [0.2, 0.25) is 0 Å². The fourth-order valence-corrected chi connectivity index (χ4v) is 2.05. The topological polar surface area (TPSA) is 21.3 Å². The summed E-state index contributed by atoms with van der Waals surface area (Å²) in [7, 11) is 1.72. The third-order valence-electron chi connectivity index (χ3n) is 2.92.